The van der Waals surface area contributed by atoms with Gasteiger partial charge in [0.2, 0.25) is 0 Å². The van der Waals surface area contributed by atoms with Crippen LogP contribution < -0.4 is 4.74 Å². The Morgan fingerprint density at radius 1 is 0.744 bits per heavy atom. The molecule has 1 aliphatic rings. The fraction of sp³-hybridized carbons (Fsp3) is 0.583. The molecule has 43 heavy (non-hydrogen) atoms. The number of benzene rings is 2. The third-order valence-corrected chi connectivity index (χ3v) is 8.45. The average molecular weight is 597 g/mol. The Kier molecular flexibility index (Phi) is 12.4. The van der Waals surface area contributed by atoms with E-state index in [2.05, 4.69) is 61.5 Å². The molecule has 238 valence electrons. The number of methoxy groups -OCH3 is 1. The molecule has 0 saturated carbocycles. The number of hydrogen-bond acceptors (Lipinski definition) is 6. The Bertz CT molecular complexity index is 1190. The van der Waals surface area contributed by atoms with E-state index in [-0.39, 0.29) is 30.0 Å². The first-order chi connectivity index (χ1) is 20.5. The van der Waals surface area contributed by atoms with E-state index in [1.54, 1.807) is 31.4 Å². The highest BCUT2D eigenvalue weighted by Crippen LogP contribution is 2.53. The molecule has 0 amide bonds. The van der Waals surface area contributed by atoms with Crippen LogP contribution in [0.25, 0.3) is 12.2 Å². The topological polar surface area (TPSA) is 83.5 Å². The van der Waals surface area contributed by atoms with E-state index in [1.165, 1.54) is 0 Å². The SMILES string of the molecule is CCC(C)OC1(OC(C)CC)CCC(OC(C)CC)(OC(C)CC)c2cc(OC)c(/C=C/c3ccc(C(=O)O)cc3)cc21. The van der Waals surface area contributed by atoms with Crippen molar-refractivity contribution in [2.75, 3.05) is 7.11 Å². The van der Waals surface area contributed by atoms with E-state index in [0.29, 0.717) is 18.6 Å². The van der Waals surface area contributed by atoms with Gasteiger partial charge in [-0.3, -0.25) is 0 Å². The third kappa shape index (κ3) is 8.27. The van der Waals surface area contributed by atoms with Crippen LogP contribution in [-0.4, -0.2) is 42.6 Å². The first-order valence-electron chi connectivity index (χ1n) is 15.9. The zero-order valence-electron chi connectivity index (χ0n) is 27.6. The summed E-state index contributed by atoms with van der Waals surface area (Å²) in [5.74, 6) is -2.28. The van der Waals surface area contributed by atoms with Crippen LogP contribution >= 0.6 is 0 Å². The molecule has 0 heterocycles. The van der Waals surface area contributed by atoms with Gasteiger partial charge < -0.3 is 28.8 Å². The molecule has 2 aromatic rings. The first kappa shape index (κ1) is 34.8. The molecule has 0 saturated heterocycles. The fourth-order valence-corrected chi connectivity index (χ4v) is 5.23. The van der Waals surface area contributed by atoms with E-state index in [4.69, 9.17) is 23.7 Å². The van der Waals surface area contributed by atoms with E-state index in [9.17, 15) is 9.90 Å². The summed E-state index contributed by atoms with van der Waals surface area (Å²) in [4.78, 5) is 11.3. The van der Waals surface area contributed by atoms with Gasteiger partial charge in [0.25, 0.3) is 0 Å². The highest BCUT2D eigenvalue weighted by Gasteiger charge is 2.53. The Morgan fingerprint density at radius 3 is 1.53 bits per heavy atom. The predicted octanol–water partition coefficient (Wildman–Crippen LogP) is 8.92. The van der Waals surface area contributed by atoms with Gasteiger partial charge in [-0.2, -0.15) is 0 Å². The third-order valence-electron chi connectivity index (χ3n) is 8.45. The predicted molar refractivity (Wildman–Crippen MR) is 171 cm³/mol. The number of hydrogen-bond donors (Lipinski definition) is 1. The van der Waals surface area contributed by atoms with Crippen LogP contribution in [0.4, 0.5) is 0 Å². The van der Waals surface area contributed by atoms with E-state index >= 15 is 0 Å². The van der Waals surface area contributed by atoms with Crippen molar-refractivity contribution in [3.8, 4) is 5.75 Å². The molecule has 0 fully saturated rings. The van der Waals surface area contributed by atoms with Crippen molar-refractivity contribution in [3.63, 3.8) is 0 Å². The molecule has 7 heteroatoms. The maximum Gasteiger partial charge on any atom is 0.335 e. The zero-order valence-corrected chi connectivity index (χ0v) is 27.6. The monoisotopic (exact) mass is 596 g/mol. The molecule has 2 aromatic carbocycles. The molecule has 0 bridgehead atoms. The zero-order chi connectivity index (χ0) is 31.8. The van der Waals surface area contributed by atoms with Gasteiger partial charge in [0.15, 0.2) is 11.6 Å². The number of fused-ring (bicyclic) bond motifs is 1. The Hall–Kier alpha value is -2.71. The van der Waals surface area contributed by atoms with E-state index in [1.807, 2.05) is 18.2 Å². The van der Waals surface area contributed by atoms with Gasteiger partial charge in [0, 0.05) is 29.5 Å². The lowest BCUT2D eigenvalue weighted by Gasteiger charge is -2.49. The summed E-state index contributed by atoms with van der Waals surface area (Å²) < 4.78 is 33.3. The van der Waals surface area contributed by atoms with Crippen LogP contribution in [0.2, 0.25) is 0 Å². The number of rotatable bonds is 16. The molecule has 7 nitrogen and oxygen atoms in total. The Morgan fingerprint density at radius 2 is 1.16 bits per heavy atom. The van der Waals surface area contributed by atoms with Crippen molar-refractivity contribution < 1.29 is 33.6 Å². The number of carboxylic acids is 1. The Labute approximate surface area is 258 Å². The van der Waals surface area contributed by atoms with Crippen LogP contribution in [0.5, 0.6) is 5.75 Å². The van der Waals surface area contributed by atoms with Crippen LogP contribution in [0.15, 0.2) is 36.4 Å². The van der Waals surface area contributed by atoms with Crippen molar-refractivity contribution in [2.24, 2.45) is 0 Å². The summed E-state index contributed by atoms with van der Waals surface area (Å²) in [5.41, 5.74) is 3.71. The number of carboxylic acid groups (broad SMARTS) is 1. The summed E-state index contributed by atoms with van der Waals surface area (Å²) in [6.45, 7) is 16.8. The van der Waals surface area contributed by atoms with Gasteiger partial charge in [-0.05, 0) is 83.2 Å². The van der Waals surface area contributed by atoms with E-state index < -0.39 is 17.5 Å². The molecular weight excluding hydrogens is 544 g/mol. The second-order valence-corrected chi connectivity index (χ2v) is 11.8. The van der Waals surface area contributed by atoms with Crippen LogP contribution in [0.1, 0.15) is 127 Å². The molecule has 4 unspecified atom stereocenters. The molecule has 4 atom stereocenters. The molecule has 3 rings (SSSR count). The van der Waals surface area contributed by atoms with Gasteiger partial charge in [0.05, 0.1) is 37.1 Å². The van der Waals surface area contributed by atoms with Crippen molar-refractivity contribution in [1.29, 1.82) is 0 Å². The first-order valence-corrected chi connectivity index (χ1v) is 15.9. The van der Waals surface area contributed by atoms with Crippen LogP contribution in [0.3, 0.4) is 0 Å². The summed E-state index contributed by atoms with van der Waals surface area (Å²) in [6, 6.07) is 10.9. The summed E-state index contributed by atoms with van der Waals surface area (Å²) >= 11 is 0. The summed E-state index contributed by atoms with van der Waals surface area (Å²) in [6.07, 6.45) is 8.29. The minimum atomic E-state index is -1.00. The largest absolute Gasteiger partial charge is 0.496 e. The van der Waals surface area contributed by atoms with Crippen molar-refractivity contribution in [3.05, 3.63) is 64.2 Å². The quantitative estimate of drug-likeness (QED) is 0.153. The normalized spacial score (nSPS) is 23.0. The van der Waals surface area contributed by atoms with E-state index in [0.717, 1.165) is 47.9 Å². The molecule has 0 aromatic heterocycles. The standard InChI is InChI=1S/C36H52O7/c1-10-24(5)40-35(41-25(6)11-2)20-21-36(42-26(7)12-3,43-27(8)13-4)32-23-33(39-9)30(22-31(32)35)19-16-28-14-17-29(18-15-28)34(37)38/h14-19,22-27H,10-13,20-21H2,1-9H3,(H,37,38)/b19-16+. The van der Waals surface area contributed by atoms with Gasteiger partial charge in [0.1, 0.15) is 5.75 Å². The number of carbonyl (C=O) groups is 1. The number of ether oxygens (including phenoxy) is 5. The maximum absolute atomic E-state index is 11.3. The van der Waals surface area contributed by atoms with Crippen molar-refractivity contribution >= 4 is 18.1 Å². The van der Waals surface area contributed by atoms with Gasteiger partial charge in [-0.25, -0.2) is 4.79 Å². The molecular formula is C36H52O7. The second kappa shape index (κ2) is 15.3. The highest BCUT2D eigenvalue weighted by atomic mass is 16.7. The second-order valence-electron chi connectivity index (χ2n) is 11.8. The molecule has 0 aliphatic heterocycles. The minimum absolute atomic E-state index is 0.0327. The lowest BCUT2D eigenvalue weighted by atomic mass is 9.80. The van der Waals surface area contributed by atoms with Crippen molar-refractivity contribution in [2.45, 2.75) is 130 Å². The summed E-state index contributed by atoms with van der Waals surface area (Å²) in [7, 11) is 1.66. The lowest BCUT2D eigenvalue weighted by Crippen LogP contribution is -2.50. The minimum Gasteiger partial charge on any atom is -0.496 e. The highest BCUT2D eigenvalue weighted by molar-refractivity contribution is 5.88. The molecule has 1 N–H and O–H groups in total. The average Bonchev–Trinajstić information content (AvgIpc) is 3.01. The molecule has 1 aliphatic carbocycles. The molecule has 0 spiro atoms. The van der Waals surface area contributed by atoms with Gasteiger partial charge >= 0.3 is 5.97 Å². The fourth-order valence-electron chi connectivity index (χ4n) is 5.23. The maximum atomic E-state index is 11.3. The van der Waals surface area contributed by atoms with Crippen molar-refractivity contribution in [1.82, 2.24) is 0 Å². The molecule has 0 radical (unpaired) electrons. The van der Waals surface area contributed by atoms with Crippen LogP contribution in [0, 0.1) is 0 Å². The number of aromatic carboxylic acids is 1. The smallest absolute Gasteiger partial charge is 0.335 e. The summed E-state index contributed by atoms with van der Waals surface area (Å²) in [5, 5.41) is 9.28. The Balaban J connectivity index is 2.29. The van der Waals surface area contributed by atoms with Gasteiger partial charge in [-0.15, -0.1) is 0 Å². The lowest BCUT2D eigenvalue weighted by molar-refractivity contribution is -0.337. The van der Waals surface area contributed by atoms with Gasteiger partial charge in [-0.1, -0.05) is 52.0 Å². The van der Waals surface area contributed by atoms with Crippen LogP contribution in [-0.2, 0) is 30.5 Å².